The zero-order valence-electron chi connectivity index (χ0n) is 20.6. The van der Waals surface area contributed by atoms with Gasteiger partial charge in [0.1, 0.15) is 4.88 Å². The summed E-state index contributed by atoms with van der Waals surface area (Å²) in [6.45, 7) is 6.82. The van der Waals surface area contributed by atoms with E-state index in [9.17, 15) is 19.6 Å². The van der Waals surface area contributed by atoms with E-state index in [2.05, 4.69) is 20.4 Å². The molecule has 0 aliphatic heterocycles. The van der Waals surface area contributed by atoms with Crippen LogP contribution in [-0.2, 0) is 9.53 Å². The van der Waals surface area contributed by atoms with Crippen LogP contribution in [0.1, 0.15) is 58.3 Å². The van der Waals surface area contributed by atoms with Gasteiger partial charge in [-0.05, 0) is 32.9 Å². The molecule has 1 unspecified atom stereocenters. The summed E-state index contributed by atoms with van der Waals surface area (Å²) in [6.07, 6.45) is -0.490. The predicted octanol–water partition coefficient (Wildman–Crippen LogP) is 3.44. The topological polar surface area (TPSA) is 151 Å². The highest BCUT2D eigenvalue weighted by molar-refractivity contribution is 7.17. The summed E-state index contributed by atoms with van der Waals surface area (Å²) in [7, 11) is 1.53. The molecule has 12 heteroatoms. The second kappa shape index (κ2) is 11.5. The summed E-state index contributed by atoms with van der Waals surface area (Å²) in [5.74, 6) is -0.570. The van der Waals surface area contributed by atoms with Crippen molar-refractivity contribution in [3.05, 3.63) is 46.3 Å². The minimum Gasteiger partial charge on any atom is -0.459 e. The maximum atomic E-state index is 12.9. The van der Waals surface area contributed by atoms with Crippen molar-refractivity contribution in [1.82, 2.24) is 20.4 Å². The number of carbonyl (C=O) groups is 3. The molecule has 0 fully saturated rings. The number of carbonyl (C=O) groups excluding carboxylic acids is 3. The largest absolute Gasteiger partial charge is 0.459 e. The Balaban J connectivity index is 1.69. The number of rotatable bonds is 9. The third kappa shape index (κ3) is 6.51. The zero-order chi connectivity index (χ0) is 26.4. The van der Waals surface area contributed by atoms with Crippen LogP contribution in [0.15, 0.2) is 28.8 Å². The van der Waals surface area contributed by atoms with E-state index in [1.165, 1.54) is 11.9 Å². The van der Waals surface area contributed by atoms with Gasteiger partial charge in [-0.3, -0.25) is 14.5 Å². The smallest absolute Gasteiger partial charge is 0.350 e. The molecule has 2 amide bonds. The molecular weight excluding hydrogens is 484 g/mol. The fraction of sp³-hybridized carbons (Fsp3) is 0.375. The molecule has 3 aromatic rings. The maximum absolute atomic E-state index is 12.9. The summed E-state index contributed by atoms with van der Waals surface area (Å²) in [4.78, 5) is 48.2. The van der Waals surface area contributed by atoms with E-state index in [1.54, 1.807) is 52.0 Å². The predicted molar refractivity (Wildman–Crippen MR) is 131 cm³/mol. The third-order valence-electron chi connectivity index (χ3n) is 4.98. The molecule has 0 aliphatic carbocycles. The molecule has 1 aromatic carbocycles. The molecule has 3 rings (SSSR count). The number of anilines is 1. The first-order valence-electron chi connectivity index (χ1n) is 11.1. The van der Waals surface area contributed by atoms with Crippen molar-refractivity contribution < 1.29 is 23.6 Å². The molecule has 0 saturated carbocycles. The van der Waals surface area contributed by atoms with E-state index < -0.39 is 17.9 Å². The van der Waals surface area contributed by atoms with Gasteiger partial charge in [-0.25, -0.2) is 9.78 Å². The Bertz CT molecular complexity index is 1310. The number of esters is 1. The number of nitrogens with one attached hydrogen (secondary N) is 1. The van der Waals surface area contributed by atoms with Crippen molar-refractivity contribution in [2.24, 2.45) is 0 Å². The first kappa shape index (κ1) is 26.5. The van der Waals surface area contributed by atoms with Gasteiger partial charge in [0.25, 0.3) is 5.91 Å². The van der Waals surface area contributed by atoms with Gasteiger partial charge < -0.3 is 14.6 Å². The SMILES string of the molecule is Cc1nc(-c2cccc(C(=O)NC(CC#N)CC(=O)N(C)c3nc(C)c(C(=O)OC(C)C)s3)c2)no1. The zero-order valence-corrected chi connectivity index (χ0v) is 21.4. The molecule has 0 aliphatic rings. The van der Waals surface area contributed by atoms with Crippen LogP contribution in [0.4, 0.5) is 5.13 Å². The summed E-state index contributed by atoms with van der Waals surface area (Å²) in [5.41, 5.74) is 1.37. The maximum Gasteiger partial charge on any atom is 0.350 e. The van der Waals surface area contributed by atoms with E-state index in [0.717, 1.165) is 11.3 Å². The Labute approximate surface area is 212 Å². The van der Waals surface area contributed by atoms with Gasteiger partial charge in [0.15, 0.2) is 5.13 Å². The molecule has 1 atom stereocenters. The van der Waals surface area contributed by atoms with Crippen LogP contribution in [0.5, 0.6) is 0 Å². The van der Waals surface area contributed by atoms with Crippen molar-refractivity contribution in [3.8, 4) is 17.5 Å². The number of nitriles is 1. The normalized spacial score (nSPS) is 11.6. The number of hydrogen-bond acceptors (Lipinski definition) is 10. The number of aryl methyl sites for hydroxylation is 2. The van der Waals surface area contributed by atoms with Crippen molar-refractivity contribution in [3.63, 3.8) is 0 Å². The molecule has 0 saturated heterocycles. The van der Waals surface area contributed by atoms with Gasteiger partial charge >= 0.3 is 5.97 Å². The fourth-order valence-electron chi connectivity index (χ4n) is 3.21. The summed E-state index contributed by atoms with van der Waals surface area (Å²) in [5, 5.41) is 16.2. The molecular formula is C24H26N6O5S. The lowest BCUT2D eigenvalue weighted by molar-refractivity contribution is -0.118. The minimum atomic E-state index is -0.736. The molecule has 188 valence electrons. The first-order chi connectivity index (χ1) is 17.1. The highest BCUT2D eigenvalue weighted by Crippen LogP contribution is 2.27. The van der Waals surface area contributed by atoms with Crippen LogP contribution >= 0.6 is 11.3 Å². The lowest BCUT2D eigenvalue weighted by Gasteiger charge is -2.19. The van der Waals surface area contributed by atoms with E-state index in [0.29, 0.717) is 38.5 Å². The van der Waals surface area contributed by atoms with Gasteiger partial charge in [0.05, 0.1) is 30.3 Å². The Morgan fingerprint density at radius 2 is 2.00 bits per heavy atom. The molecule has 0 spiro atoms. The first-order valence-corrected chi connectivity index (χ1v) is 11.9. The quantitative estimate of drug-likeness (QED) is 0.427. The third-order valence-corrected chi connectivity index (χ3v) is 6.19. The van der Waals surface area contributed by atoms with Crippen molar-refractivity contribution in [1.29, 1.82) is 5.26 Å². The Morgan fingerprint density at radius 3 is 2.64 bits per heavy atom. The van der Waals surface area contributed by atoms with Crippen LogP contribution in [0, 0.1) is 25.2 Å². The molecule has 2 heterocycles. The molecule has 11 nitrogen and oxygen atoms in total. The number of ether oxygens (including phenoxy) is 1. The van der Waals surface area contributed by atoms with Crippen LogP contribution in [0.3, 0.4) is 0 Å². The Kier molecular flexibility index (Phi) is 8.50. The van der Waals surface area contributed by atoms with Crippen molar-refractivity contribution in [2.45, 2.75) is 52.7 Å². The lowest BCUT2D eigenvalue weighted by atomic mass is 10.1. The highest BCUT2D eigenvalue weighted by Gasteiger charge is 2.25. The van der Waals surface area contributed by atoms with E-state index >= 15 is 0 Å². The average Bonchev–Trinajstić information content (AvgIpc) is 3.44. The van der Waals surface area contributed by atoms with Crippen LogP contribution in [-0.4, -0.2) is 52.1 Å². The number of benzene rings is 1. The molecule has 0 radical (unpaired) electrons. The van der Waals surface area contributed by atoms with Crippen LogP contribution < -0.4 is 10.2 Å². The number of hydrogen-bond donors (Lipinski definition) is 1. The van der Waals surface area contributed by atoms with Gasteiger partial charge in [-0.15, -0.1) is 0 Å². The van der Waals surface area contributed by atoms with Gasteiger partial charge in [0.2, 0.25) is 17.6 Å². The number of nitrogens with zero attached hydrogens (tertiary/aromatic N) is 5. The number of amides is 2. The van der Waals surface area contributed by atoms with Crippen LogP contribution in [0.25, 0.3) is 11.4 Å². The molecule has 36 heavy (non-hydrogen) atoms. The molecule has 0 bridgehead atoms. The summed E-state index contributed by atoms with van der Waals surface area (Å²) >= 11 is 1.05. The van der Waals surface area contributed by atoms with Crippen LogP contribution in [0.2, 0.25) is 0 Å². The van der Waals surface area contributed by atoms with Gasteiger partial charge in [0, 0.05) is 31.5 Å². The lowest BCUT2D eigenvalue weighted by Crippen LogP contribution is -2.39. The summed E-state index contributed by atoms with van der Waals surface area (Å²) < 4.78 is 10.2. The van der Waals surface area contributed by atoms with Gasteiger partial charge in [-0.2, -0.15) is 10.2 Å². The fourth-order valence-corrected chi connectivity index (χ4v) is 4.13. The standard InChI is InChI=1S/C24H26N6O5S/c1-13(2)34-23(33)20-14(3)26-24(36-20)30(5)19(31)12-18(9-10-25)28-22(32)17-8-6-7-16(11-17)21-27-15(4)35-29-21/h6-8,11,13,18H,9,12H2,1-5H3,(H,28,32). The van der Waals surface area contributed by atoms with Crippen molar-refractivity contribution in [2.75, 3.05) is 11.9 Å². The molecule has 1 N–H and O–H groups in total. The Morgan fingerprint density at radius 1 is 1.25 bits per heavy atom. The minimum absolute atomic E-state index is 0.0715. The second-order valence-electron chi connectivity index (χ2n) is 8.27. The van der Waals surface area contributed by atoms with Crippen molar-refractivity contribution >= 4 is 34.3 Å². The monoisotopic (exact) mass is 510 g/mol. The average molecular weight is 511 g/mol. The Hall–Kier alpha value is -4.11. The highest BCUT2D eigenvalue weighted by atomic mass is 32.1. The van der Waals surface area contributed by atoms with E-state index in [4.69, 9.17) is 9.26 Å². The molecule has 2 aromatic heterocycles. The second-order valence-corrected chi connectivity index (χ2v) is 9.25. The summed E-state index contributed by atoms with van der Waals surface area (Å²) in [6, 6.07) is 7.91. The van der Waals surface area contributed by atoms with E-state index in [-0.39, 0.29) is 24.9 Å². The van der Waals surface area contributed by atoms with Gasteiger partial charge in [-0.1, -0.05) is 28.6 Å². The van der Waals surface area contributed by atoms with E-state index in [1.807, 2.05) is 6.07 Å². The number of aromatic nitrogens is 3. The number of thiazole rings is 1.